The lowest BCUT2D eigenvalue weighted by Crippen LogP contribution is -2.13. The Morgan fingerprint density at radius 3 is 2.44 bits per heavy atom. The summed E-state index contributed by atoms with van der Waals surface area (Å²) in [6, 6.07) is 4.48. The molecule has 0 unspecified atom stereocenters. The minimum atomic E-state index is -3.98. The Kier molecular flexibility index (Phi) is 3.66. The highest BCUT2D eigenvalue weighted by atomic mass is 32.2. The number of benzene rings is 1. The number of carboxylic acid groups (broad SMARTS) is 1. The third kappa shape index (κ3) is 3.04. The summed E-state index contributed by atoms with van der Waals surface area (Å²) in [4.78, 5) is 10.2. The lowest BCUT2D eigenvalue weighted by molar-refractivity contribution is -0.139. The summed E-state index contributed by atoms with van der Waals surface area (Å²) in [7, 11) is -3.98. The molecule has 1 aromatic rings. The molecule has 0 bridgehead atoms. The number of hydrogen-bond acceptors (Lipinski definition) is 4. The highest BCUT2D eigenvalue weighted by molar-refractivity contribution is 7.86. The van der Waals surface area contributed by atoms with Crippen LogP contribution in [0.4, 0.5) is 0 Å². The SMILES string of the molecule is Cc1ccc(S(=O)(=O)OCC(=O)O)cc1C. The maximum atomic E-state index is 11.5. The monoisotopic (exact) mass is 244 g/mol. The van der Waals surface area contributed by atoms with Gasteiger partial charge in [0.1, 0.15) is 0 Å². The van der Waals surface area contributed by atoms with Crippen molar-refractivity contribution in [2.45, 2.75) is 18.7 Å². The van der Waals surface area contributed by atoms with E-state index in [2.05, 4.69) is 4.18 Å². The average molecular weight is 244 g/mol. The first-order chi connectivity index (χ1) is 7.33. The Labute approximate surface area is 93.8 Å². The molecule has 1 aromatic carbocycles. The maximum Gasteiger partial charge on any atom is 0.331 e. The van der Waals surface area contributed by atoms with E-state index >= 15 is 0 Å². The molecular formula is C10H12O5S. The van der Waals surface area contributed by atoms with Crippen LogP contribution in [0.1, 0.15) is 11.1 Å². The Morgan fingerprint density at radius 2 is 1.94 bits per heavy atom. The largest absolute Gasteiger partial charge is 0.479 e. The topological polar surface area (TPSA) is 80.7 Å². The first kappa shape index (κ1) is 12.7. The highest BCUT2D eigenvalue weighted by Crippen LogP contribution is 2.16. The molecule has 0 aliphatic heterocycles. The molecule has 1 rings (SSSR count). The molecule has 0 amide bonds. The standard InChI is InChI=1S/C10H12O5S/c1-7-3-4-9(5-8(7)2)16(13,14)15-6-10(11)12/h3-5H,6H2,1-2H3,(H,11,12). The second-order valence-corrected chi connectivity index (χ2v) is 4.97. The van der Waals surface area contributed by atoms with Crippen molar-refractivity contribution in [3.8, 4) is 0 Å². The molecule has 0 fully saturated rings. The molecule has 0 aliphatic rings. The first-order valence-electron chi connectivity index (χ1n) is 4.51. The molecule has 0 saturated carbocycles. The molecule has 0 heterocycles. The van der Waals surface area contributed by atoms with Gasteiger partial charge in [-0.1, -0.05) is 6.07 Å². The van der Waals surface area contributed by atoms with Gasteiger partial charge >= 0.3 is 5.97 Å². The number of rotatable bonds is 4. The fraction of sp³-hybridized carbons (Fsp3) is 0.300. The van der Waals surface area contributed by atoms with Crippen LogP contribution in [-0.4, -0.2) is 26.1 Å². The van der Waals surface area contributed by atoms with E-state index in [0.29, 0.717) is 0 Å². The zero-order valence-corrected chi connectivity index (χ0v) is 9.74. The van der Waals surface area contributed by atoms with Gasteiger partial charge in [-0.25, -0.2) is 4.79 Å². The third-order valence-electron chi connectivity index (χ3n) is 2.10. The van der Waals surface area contributed by atoms with Crippen LogP contribution < -0.4 is 0 Å². The predicted molar refractivity (Wildman–Crippen MR) is 56.7 cm³/mol. The van der Waals surface area contributed by atoms with Crippen molar-refractivity contribution in [2.75, 3.05) is 6.61 Å². The fourth-order valence-corrected chi connectivity index (χ4v) is 2.01. The van der Waals surface area contributed by atoms with Crippen molar-refractivity contribution in [2.24, 2.45) is 0 Å². The summed E-state index contributed by atoms with van der Waals surface area (Å²) < 4.78 is 27.4. The summed E-state index contributed by atoms with van der Waals surface area (Å²) in [5.74, 6) is -1.33. The van der Waals surface area contributed by atoms with Crippen molar-refractivity contribution < 1.29 is 22.5 Å². The van der Waals surface area contributed by atoms with Gasteiger partial charge < -0.3 is 5.11 Å². The van der Waals surface area contributed by atoms with Crippen LogP contribution in [0.2, 0.25) is 0 Å². The maximum absolute atomic E-state index is 11.5. The molecule has 88 valence electrons. The van der Waals surface area contributed by atoms with Gasteiger partial charge in [-0.2, -0.15) is 8.42 Å². The summed E-state index contributed by atoms with van der Waals surface area (Å²) in [6.45, 7) is 2.75. The summed E-state index contributed by atoms with van der Waals surface area (Å²) >= 11 is 0. The van der Waals surface area contributed by atoms with E-state index in [1.165, 1.54) is 12.1 Å². The molecule has 0 spiro atoms. The van der Waals surface area contributed by atoms with Crippen LogP contribution in [0.25, 0.3) is 0 Å². The molecule has 6 heteroatoms. The normalized spacial score (nSPS) is 11.4. The Hall–Kier alpha value is -1.40. The highest BCUT2D eigenvalue weighted by Gasteiger charge is 2.17. The van der Waals surface area contributed by atoms with Crippen LogP contribution >= 0.6 is 0 Å². The van der Waals surface area contributed by atoms with Gasteiger partial charge in [0.15, 0.2) is 6.61 Å². The zero-order chi connectivity index (χ0) is 12.3. The average Bonchev–Trinajstić information content (AvgIpc) is 2.19. The van der Waals surface area contributed by atoms with Crippen LogP contribution in [0.15, 0.2) is 23.1 Å². The second-order valence-electron chi connectivity index (χ2n) is 3.36. The Morgan fingerprint density at radius 1 is 1.31 bits per heavy atom. The Balaban J connectivity index is 2.99. The number of aryl methyl sites for hydroxylation is 2. The van der Waals surface area contributed by atoms with Crippen molar-refractivity contribution in [3.05, 3.63) is 29.3 Å². The molecular weight excluding hydrogens is 232 g/mol. The third-order valence-corrected chi connectivity index (χ3v) is 3.36. The van der Waals surface area contributed by atoms with Gasteiger partial charge in [-0.05, 0) is 37.1 Å². The smallest absolute Gasteiger partial charge is 0.331 e. The van der Waals surface area contributed by atoms with Crippen molar-refractivity contribution in [1.82, 2.24) is 0 Å². The lowest BCUT2D eigenvalue weighted by Gasteiger charge is -2.05. The molecule has 0 atom stereocenters. The summed E-state index contributed by atoms with van der Waals surface area (Å²) in [5, 5.41) is 8.33. The molecule has 5 nitrogen and oxygen atoms in total. The quantitative estimate of drug-likeness (QED) is 0.802. The van der Waals surface area contributed by atoms with Gasteiger partial charge in [0, 0.05) is 0 Å². The fourth-order valence-electron chi connectivity index (χ4n) is 1.07. The van der Waals surface area contributed by atoms with Gasteiger partial charge in [0.25, 0.3) is 10.1 Å². The second kappa shape index (κ2) is 4.63. The number of carboxylic acids is 1. The number of hydrogen-bond donors (Lipinski definition) is 1. The van der Waals surface area contributed by atoms with E-state index in [0.717, 1.165) is 11.1 Å². The zero-order valence-electron chi connectivity index (χ0n) is 8.93. The van der Waals surface area contributed by atoms with Crippen LogP contribution in [0.3, 0.4) is 0 Å². The number of carbonyl (C=O) groups is 1. The van der Waals surface area contributed by atoms with E-state index in [1.54, 1.807) is 13.0 Å². The lowest BCUT2D eigenvalue weighted by atomic mass is 10.1. The van der Waals surface area contributed by atoms with E-state index < -0.39 is 22.7 Å². The predicted octanol–water partition coefficient (Wildman–Crippen LogP) is 1.09. The van der Waals surface area contributed by atoms with Crippen LogP contribution in [-0.2, 0) is 19.1 Å². The number of aliphatic carboxylic acids is 1. The van der Waals surface area contributed by atoms with Gasteiger partial charge in [-0.3, -0.25) is 4.18 Å². The molecule has 0 aliphatic carbocycles. The van der Waals surface area contributed by atoms with E-state index in [1.807, 2.05) is 6.92 Å². The van der Waals surface area contributed by atoms with E-state index in [-0.39, 0.29) is 4.90 Å². The van der Waals surface area contributed by atoms with Gasteiger partial charge in [0.2, 0.25) is 0 Å². The molecule has 1 N–H and O–H groups in total. The minimum absolute atomic E-state index is 0.0307. The van der Waals surface area contributed by atoms with E-state index in [4.69, 9.17) is 5.11 Å². The van der Waals surface area contributed by atoms with Crippen molar-refractivity contribution in [3.63, 3.8) is 0 Å². The first-order valence-corrected chi connectivity index (χ1v) is 5.92. The van der Waals surface area contributed by atoms with E-state index in [9.17, 15) is 13.2 Å². The summed E-state index contributed by atoms with van der Waals surface area (Å²) in [5.41, 5.74) is 1.76. The van der Waals surface area contributed by atoms with Crippen LogP contribution in [0.5, 0.6) is 0 Å². The van der Waals surface area contributed by atoms with Gasteiger partial charge in [0.05, 0.1) is 4.90 Å². The molecule has 0 radical (unpaired) electrons. The van der Waals surface area contributed by atoms with Crippen molar-refractivity contribution in [1.29, 1.82) is 0 Å². The molecule has 16 heavy (non-hydrogen) atoms. The summed E-state index contributed by atoms with van der Waals surface area (Å²) in [6.07, 6.45) is 0. The van der Waals surface area contributed by atoms with Crippen molar-refractivity contribution >= 4 is 16.1 Å². The van der Waals surface area contributed by atoms with Crippen LogP contribution in [0, 0.1) is 13.8 Å². The minimum Gasteiger partial charge on any atom is -0.479 e. The molecule has 0 saturated heterocycles. The van der Waals surface area contributed by atoms with Gasteiger partial charge in [-0.15, -0.1) is 0 Å². The molecule has 0 aromatic heterocycles. The Bertz CT molecular complexity index is 504.